The van der Waals surface area contributed by atoms with Crippen LogP contribution in [-0.2, 0) is 4.74 Å². The second kappa shape index (κ2) is 9.43. The van der Waals surface area contributed by atoms with Crippen molar-refractivity contribution in [2.75, 3.05) is 13.6 Å². The molecule has 1 aromatic rings. The van der Waals surface area contributed by atoms with Crippen LogP contribution in [0.1, 0.15) is 38.3 Å². The minimum Gasteiger partial charge on any atom is -0.474 e. The molecule has 140 valence electrons. The van der Waals surface area contributed by atoms with Crippen molar-refractivity contribution in [3.63, 3.8) is 0 Å². The Morgan fingerprint density at radius 2 is 2.00 bits per heavy atom. The van der Waals surface area contributed by atoms with Gasteiger partial charge in [0.15, 0.2) is 0 Å². The first-order chi connectivity index (χ1) is 11.9. The summed E-state index contributed by atoms with van der Waals surface area (Å²) in [7, 11) is 1.95. The molecule has 0 bridgehead atoms. The van der Waals surface area contributed by atoms with E-state index in [0.29, 0.717) is 31.6 Å². The van der Waals surface area contributed by atoms with Crippen molar-refractivity contribution in [2.45, 2.75) is 58.4 Å². The van der Waals surface area contributed by atoms with E-state index < -0.39 is 6.61 Å². The lowest BCUT2D eigenvalue weighted by Gasteiger charge is -2.28. The van der Waals surface area contributed by atoms with Crippen LogP contribution >= 0.6 is 15.9 Å². The van der Waals surface area contributed by atoms with Gasteiger partial charge in [0.25, 0.3) is 0 Å². The van der Waals surface area contributed by atoms with E-state index in [2.05, 4.69) is 30.6 Å². The van der Waals surface area contributed by atoms with Gasteiger partial charge in [0, 0.05) is 13.6 Å². The zero-order valence-electron chi connectivity index (χ0n) is 14.7. The lowest BCUT2D eigenvalue weighted by Crippen LogP contribution is -2.29. The van der Waals surface area contributed by atoms with Crippen LogP contribution in [0.25, 0.3) is 0 Å². The van der Waals surface area contributed by atoms with Gasteiger partial charge in [-0.15, -0.1) is 0 Å². The third-order valence-electron chi connectivity index (χ3n) is 4.20. The first-order valence-electron chi connectivity index (χ1n) is 8.40. The van der Waals surface area contributed by atoms with Crippen molar-refractivity contribution >= 4 is 28.0 Å². The molecule has 0 aromatic carbocycles. The molecule has 25 heavy (non-hydrogen) atoms. The highest BCUT2D eigenvalue weighted by Crippen LogP contribution is 2.33. The number of nitrogens with zero attached hydrogens (tertiary/aromatic N) is 3. The highest BCUT2D eigenvalue weighted by Gasteiger charge is 2.26. The number of hydrogen-bond donors (Lipinski definition) is 0. The SMILES string of the molecule is CCN(C)C=Nc1cc(Br)c(O[C@H]2CC[C@@H](OC(F)F)CC2)nc1C. The number of alkyl halides is 2. The summed E-state index contributed by atoms with van der Waals surface area (Å²) < 4.78 is 35.8. The minimum atomic E-state index is -2.71. The molecule has 1 fully saturated rings. The molecular weight excluding hydrogens is 396 g/mol. The van der Waals surface area contributed by atoms with Crippen molar-refractivity contribution in [3.05, 3.63) is 16.2 Å². The lowest BCUT2D eigenvalue weighted by molar-refractivity contribution is -0.173. The van der Waals surface area contributed by atoms with Crippen molar-refractivity contribution < 1.29 is 18.3 Å². The smallest absolute Gasteiger partial charge is 0.345 e. The highest BCUT2D eigenvalue weighted by molar-refractivity contribution is 9.10. The van der Waals surface area contributed by atoms with E-state index in [-0.39, 0.29) is 12.2 Å². The van der Waals surface area contributed by atoms with Crippen LogP contribution in [0.2, 0.25) is 0 Å². The molecule has 0 radical (unpaired) electrons. The van der Waals surface area contributed by atoms with Gasteiger partial charge in [-0.2, -0.15) is 8.78 Å². The highest BCUT2D eigenvalue weighted by atomic mass is 79.9. The maximum atomic E-state index is 12.2. The van der Waals surface area contributed by atoms with Crippen molar-refractivity contribution in [1.82, 2.24) is 9.88 Å². The van der Waals surface area contributed by atoms with E-state index in [9.17, 15) is 8.78 Å². The number of aliphatic imine (C=N–C) groups is 1. The molecule has 0 spiro atoms. The van der Waals surface area contributed by atoms with Gasteiger partial charge in [0.05, 0.1) is 28.3 Å². The number of pyridine rings is 1. The molecule has 0 amide bonds. The number of rotatable bonds is 7. The van der Waals surface area contributed by atoms with E-state index in [4.69, 9.17) is 4.74 Å². The Morgan fingerprint density at radius 1 is 1.36 bits per heavy atom. The van der Waals surface area contributed by atoms with Crippen LogP contribution in [0, 0.1) is 6.92 Å². The van der Waals surface area contributed by atoms with Gasteiger partial charge in [-0.25, -0.2) is 9.98 Å². The molecule has 1 heterocycles. The first kappa shape index (κ1) is 20.0. The summed E-state index contributed by atoms with van der Waals surface area (Å²) in [5, 5.41) is 0. The number of aryl methyl sites for hydroxylation is 1. The van der Waals surface area contributed by atoms with Gasteiger partial charge in [0.1, 0.15) is 6.10 Å². The number of halogens is 3. The summed E-state index contributed by atoms with van der Waals surface area (Å²) in [6.45, 7) is 2.09. The quantitative estimate of drug-likeness (QED) is 0.474. The molecule has 2 rings (SSSR count). The first-order valence-corrected chi connectivity index (χ1v) is 9.20. The summed E-state index contributed by atoms with van der Waals surface area (Å²) in [5.41, 5.74) is 1.54. The molecule has 1 aliphatic rings. The molecule has 0 aliphatic heterocycles. The molecule has 1 aromatic heterocycles. The van der Waals surface area contributed by atoms with E-state index >= 15 is 0 Å². The predicted octanol–water partition coefficient (Wildman–Crippen LogP) is 4.69. The molecular formula is C17H24BrF2N3O2. The van der Waals surface area contributed by atoms with Gasteiger partial charge in [-0.1, -0.05) is 0 Å². The minimum absolute atomic E-state index is 0.0405. The van der Waals surface area contributed by atoms with Crippen LogP contribution in [0.5, 0.6) is 5.88 Å². The van der Waals surface area contributed by atoms with E-state index in [0.717, 1.165) is 22.4 Å². The molecule has 1 aliphatic carbocycles. The summed E-state index contributed by atoms with van der Waals surface area (Å²) in [5.74, 6) is 0.513. The van der Waals surface area contributed by atoms with Gasteiger partial charge in [-0.3, -0.25) is 0 Å². The zero-order chi connectivity index (χ0) is 18.4. The largest absolute Gasteiger partial charge is 0.474 e. The second-order valence-electron chi connectivity index (χ2n) is 6.11. The second-order valence-corrected chi connectivity index (χ2v) is 6.97. The van der Waals surface area contributed by atoms with Crippen molar-refractivity contribution in [1.29, 1.82) is 0 Å². The third-order valence-corrected chi connectivity index (χ3v) is 4.76. The van der Waals surface area contributed by atoms with Crippen molar-refractivity contribution in [2.24, 2.45) is 4.99 Å². The molecule has 1 saturated carbocycles. The Labute approximate surface area is 155 Å². The van der Waals surface area contributed by atoms with Crippen LogP contribution < -0.4 is 4.74 Å². The van der Waals surface area contributed by atoms with E-state index in [1.165, 1.54) is 0 Å². The number of aromatic nitrogens is 1. The normalized spacial score (nSPS) is 21.1. The standard InChI is InChI=1S/C17H24BrF2N3O2/c1-4-23(3)10-21-15-9-14(18)16(22-11(15)2)24-12-5-7-13(8-6-12)25-17(19)20/h9-10,12-13,17H,4-8H2,1-3H3/t12-,13+. The van der Waals surface area contributed by atoms with Crippen LogP contribution in [-0.4, -0.2) is 48.6 Å². The van der Waals surface area contributed by atoms with Gasteiger partial charge < -0.3 is 14.4 Å². The molecule has 8 heteroatoms. The molecule has 0 saturated heterocycles. The summed E-state index contributed by atoms with van der Waals surface area (Å²) in [6.07, 6.45) is 3.82. The monoisotopic (exact) mass is 419 g/mol. The van der Waals surface area contributed by atoms with Crippen LogP contribution in [0.15, 0.2) is 15.5 Å². The fraction of sp³-hybridized carbons (Fsp3) is 0.647. The van der Waals surface area contributed by atoms with Gasteiger partial charge in [0.2, 0.25) is 5.88 Å². The average Bonchev–Trinajstić information content (AvgIpc) is 2.57. The molecule has 0 N–H and O–H groups in total. The Hall–Kier alpha value is -1.28. The number of ether oxygens (including phenoxy) is 2. The molecule has 0 atom stereocenters. The molecule has 5 nitrogen and oxygen atoms in total. The fourth-order valence-electron chi connectivity index (χ4n) is 2.59. The van der Waals surface area contributed by atoms with E-state index in [1.807, 2.05) is 31.9 Å². The zero-order valence-corrected chi connectivity index (χ0v) is 16.3. The van der Waals surface area contributed by atoms with E-state index in [1.54, 1.807) is 6.34 Å². The summed E-state index contributed by atoms with van der Waals surface area (Å²) in [6, 6.07) is 1.88. The van der Waals surface area contributed by atoms with Crippen molar-refractivity contribution in [3.8, 4) is 5.88 Å². The average molecular weight is 420 g/mol. The summed E-state index contributed by atoms with van der Waals surface area (Å²) in [4.78, 5) is 10.9. The van der Waals surface area contributed by atoms with Crippen LogP contribution in [0.4, 0.5) is 14.5 Å². The summed E-state index contributed by atoms with van der Waals surface area (Å²) >= 11 is 3.48. The Kier molecular flexibility index (Phi) is 7.56. The fourth-order valence-corrected chi connectivity index (χ4v) is 2.99. The predicted molar refractivity (Wildman–Crippen MR) is 96.9 cm³/mol. The van der Waals surface area contributed by atoms with Gasteiger partial charge >= 0.3 is 6.61 Å². The third kappa shape index (κ3) is 6.18. The van der Waals surface area contributed by atoms with Crippen LogP contribution in [0.3, 0.4) is 0 Å². The topological polar surface area (TPSA) is 47.0 Å². The molecule has 0 unspecified atom stereocenters. The maximum Gasteiger partial charge on any atom is 0.345 e. The lowest BCUT2D eigenvalue weighted by atomic mass is 9.95. The Bertz CT molecular complexity index is 594. The van der Waals surface area contributed by atoms with Gasteiger partial charge in [-0.05, 0) is 61.5 Å². The Morgan fingerprint density at radius 3 is 2.60 bits per heavy atom. The Balaban J connectivity index is 1.97. The maximum absolute atomic E-state index is 12.2. The number of hydrogen-bond acceptors (Lipinski definition) is 4.